The van der Waals surface area contributed by atoms with Crippen LogP contribution in [0.25, 0.3) is 10.9 Å². The Balaban J connectivity index is 1.61. The number of piperidine rings is 1. The summed E-state index contributed by atoms with van der Waals surface area (Å²) in [4.78, 5) is 23.6. The maximum Gasteiger partial charge on any atom is 0.253 e. The second-order valence-corrected chi connectivity index (χ2v) is 6.69. The molecule has 1 amide bonds. The number of carbonyl (C=O) groups excluding carboxylic acids is 1. The summed E-state index contributed by atoms with van der Waals surface area (Å²) < 4.78 is 4.85. The van der Waals surface area contributed by atoms with Crippen LogP contribution in [0.1, 0.15) is 46.2 Å². The minimum atomic E-state index is 0.0380. The van der Waals surface area contributed by atoms with Crippen molar-refractivity contribution in [2.75, 3.05) is 13.1 Å². The molecule has 0 radical (unpaired) electrons. The third kappa shape index (κ3) is 2.99. The summed E-state index contributed by atoms with van der Waals surface area (Å²) in [7, 11) is 0. The molecule has 0 bridgehead atoms. The average molecular weight is 336 g/mol. The highest BCUT2D eigenvalue weighted by molar-refractivity contribution is 5.98. The minimum Gasteiger partial charge on any atom is -0.343 e. The second-order valence-electron chi connectivity index (χ2n) is 6.69. The lowest BCUT2D eigenvalue weighted by molar-refractivity contribution is 0.0703. The summed E-state index contributed by atoms with van der Waals surface area (Å²) in [5, 5.41) is 5.02. The number of hydrogen-bond acceptors (Lipinski definition) is 5. The van der Waals surface area contributed by atoms with Crippen molar-refractivity contribution in [3.63, 3.8) is 0 Å². The smallest absolute Gasteiger partial charge is 0.253 e. The van der Waals surface area contributed by atoms with Gasteiger partial charge >= 0.3 is 0 Å². The lowest BCUT2D eigenvalue weighted by Gasteiger charge is -2.31. The van der Waals surface area contributed by atoms with E-state index < -0.39 is 0 Å². The van der Waals surface area contributed by atoms with Crippen LogP contribution in [-0.4, -0.2) is 39.0 Å². The molecule has 3 aromatic rings. The van der Waals surface area contributed by atoms with Crippen LogP contribution in [0, 0.1) is 13.8 Å². The van der Waals surface area contributed by atoms with Gasteiger partial charge in [0.25, 0.3) is 5.91 Å². The number of rotatable bonds is 2. The van der Waals surface area contributed by atoms with E-state index in [1.54, 1.807) is 0 Å². The van der Waals surface area contributed by atoms with Gasteiger partial charge in [-0.2, -0.15) is 4.98 Å². The standard InChI is InChI=1S/C19H20N4O2/c1-12-8-13(2)21-17-9-14(5-6-16(12)17)19(24)23-7-3-4-15(10-23)18-20-11-25-22-18/h5-6,8-9,11,15H,3-4,7,10H2,1-2H3. The van der Waals surface area contributed by atoms with Crippen LogP contribution in [0.15, 0.2) is 35.2 Å². The molecule has 1 saturated heterocycles. The van der Waals surface area contributed by atoms with Crippen LogP contribution in [0.5, 0.6) is 0 Å². The van der Waals surface area contributed by atoms with E-state index in [1.807, 2.05) is 30.0 Å². The molecule has 2 aromatic heterocycles. The molecule has 0 spiro atoms. The molecule has 1 fully saturated rings. The summed E-state index contributed by atoms with van der Waals surface area (Å²) >= 11 is 0. The van der Waals surface area contributed by atoms with Crippen molar-refractivity contribution in [1.82, 2.24) is 20.0 Å². The number of aromatic nitrogens is 3. The maximum absolute atomic E-state index is 13.0. The van der Waals surface area contributed by atoms with Crippen LogP contribution in [0.3, 0.4) is 0 Å². The van der Waals surface area contributed by atoms with Gasteiger partial charge in [-0.3, -0.25) is 9.78 Å². The predicted octanol–water partition coefficient (Wildman–Crippen LogP) is 3.25. The fourth-order valence-electron chi connectivity index (χ4n) is 3.62. The minimum absolute atomic E-state index is 0.0380. The Bertz CT molecular complexity index is 921. The number of aryl methyl sites for hydroxylation is 2. The van der Waals surface area contributed by atoms with Gasteiger partial charge in [-0.05, 0) is 50.5 Å². The van der Waals surface area contributed by atoms with Gasteiger partial charge in [0.05, 0.1) is 5.52 Å². The van der Waals surface area contributed by atoms with Crippen molar-refractivity contribution < 1.29 is 9.32 Å². The molecule has 6 heteroatoms. The Morgan fingerprint density at radius 1 is 1.28 bits per heavy atom. The molecule has 1 aromatic carbocycles. The summed E-state index contributed by atoms with van der Waals surface area (Å²) in [5.41, 5.74) is 3.69. The number of pyridine rings is 1. The van der Waals surface area contributed by atoms with E-state index in [-0.39, 0.29) is 11.8 Å². The van der Waals surface area contributed by atoms with Crippen molar-refractivity contribution in [1.29, 1.82) is 0 Å². The molecular formula is C19H20N4O2. The van der Waals surface area contributed by atoms with Crippen molar-refractivity contribution in [3.05, 3.63) is 53.3 Å². The van der Waals surface area contributed by atoms with Gasteiger partial charge in [-0.15, -0.1) is 0 Å². The predicted molar refractivity (Wildman–Crippen MR) is 93.4 cm³/mol. The topological polar surface area (TPSA) is 72.1 Å². The first-order valence-electron chi connectivity index (χ1n) is 8.55. The Hall–Kier alpha value is -2.76. The number of benzene rings is 1. The van der Waals surface area contributed by atoms with E-state index in [0.29, 0.717) is 17.9 Å². The van der Waals surface area contributed by atoms with Gasteiger partial charge in [0.1, 0.15) is 0 Å². The second kappa shape index (κ2) is 6.27. The first-order valence-corrected chi connectivity index (χ1v) is 8.55. The normalized spacial score (nSPS) is 17.8. The summed E-state index contributed by atoms with van der Waals surface area (Å²) in [5.74, 6) is 0.861. The monoisotopic (exact) mass is 336 g/mol. The number of fused-ring (bicyclic) bond motifs is 1. The molecule has 1 unspecified atom stereocenters. The van der Waals surface area contributed by atoms with Gasteiger partial charge in [-0.1, -0.05) is 11.2 Å². The largest absolute Gasteiger partial charge is 0.343 e. The van der Waals surface area contributed by atoms with E-state index in [2.05, 4.69) is 28.1 Å². The third-order valence-electron chi connectivity index (χ3n) is 4.84. The van der Waals surface area contributed by atoms with Crippen molar-refractivity contribution in [2.45, 2.75) is 32.6 Å². The average Bonchev–Trinajstić information content (AvgIpc) is 3.15. The number of likely N-dealkylation sites (tertiary alicyclic amines) is 1. The van der Waals surface area contributed by atoms with E-state index in [4.69, 9.17) is 4.52 Å². The van der Waals surface area contributed by atoms with Crippen molar-refractivity contribution in [2.24, 2.45) is 0 Å². The molecule has 0 aliphatic carbocycles. The molecule has 1 aliphatic rings. The third-order valence-corrected chi connectivity index (χ3v) is 4.84. The summed E-state index contributed by atoms with van der Waals surface area (Å²) in [6, 6.07) is 7.84. The molecule has 1 aliphatic heterocycles. The summed E-state index contributed by atoms with van der Waals surface area (Å²) in [6.45, 7) is 5.42. The van der Waals surface area contributed by atoms with Crippen molar-refractivity contribution in [3.8, 4) is 0 Å². The van der Waals surface area contributed by atoms with Gasteiger partial charge in [-0.25, -0.2) is 0 Å². The fraction of sp³-hybridized carbons (Fsp3) is 0.368. The van der Waals surface area contributed by atoms with E-state index in [1.165, 1.54) is 12.0 Å². The zero-order valence-electron chi connectivity index (χ0n) is 14.4. The van der Waals surface area contributed by atoms with E-state index >= 15 is 0 Å². The zero-order valence-corrected chi connectivity index (χ0v) is 14.4. The first kappa shape index (κ1) is 15.7. The number of amides is 1. The maximum atomic E-state index is 13.0. The first-order chi connectivity index (χ1) is 12.1. The highest BCUT2D eigenvalue weighted by Gasteiger charge is 2.28. The van der Waals surface area contributed by atoms with E-state index in [0.717, 1.165) is 36.0 Å². The van der Waals surface area contributed by atoms with Crippen molar-refractivity contribution >= 4 is 16.8 Å². The Morgan fingerprint density at radius 3 is 2.96 bits per heavy atom. The quantitative estimate of drug-likeness (QED) is 0.718. The van der Waals surface area contributed by atoms with Crippen LogP contribution in [0.2, 0.25) is 0 Å². The van der Waals surface area contributed by atoms with Gasteiger partial charge in [0.2, 0.25) is 6.39 Å². The number of nitrogens with zero attached hydrogens (tertiary/aromatic N) is 4. The van der Waals surface area contributed by atoms with Crippen LogP contribution in [-0.2, 0) is 0 Å². The van der Waals surface area contributed by atoms with E-state index in [9.17, 15) is 4.79 Å². The molecule has 1 atom stereocenters. The molecule has 4 rings (SSSR count). The number of hydrogen-bond donors (Lipinski definition) is 0. The molecule has 3 heterocycles. The highest BCUT2D eigenvalue weighted by Crippen LogP contribution is 2.26. The Labute approximate surface area is 145 Å². The number of carbonyl (C=O) groups is 1. The molecule has 128 valence electrons. The Kier molecular flexibility index (Phi) is 3.95. The fourth-order valence-corrected chi connectivity index (χ4v) is 3.62. The Morgan fingerprint density at radius 2 is 2.16 bits per heavy atom. The van der Waals surface area contributed by atoms with Gasteiger partial charge < -0.3 is 9.42 Å². The van der Waals surface area contributed by atoms with Gasteiger partial charge in [0, 0.05) is 35.7 Å². The summed E-state index contributed by atoms with van der Waals surface area (Å²) in [6.07, 6.45) is 3.26. The molecular weight excluding hydrogens is 316 g/mol. The molecule has 0 saturated carbocycles. The zero-order chi connectivity index (χ0) is 17.4. The molecule has 25 heavy (non-hydrogen) atoms. The highest BCUT2D eigenvalue weighted by atomic mass is 16.5. The SMILES string of the molecule is Cc1cc(C)c2ccc(C(=O)N3CCCC(c4ncon4)C3)cc2n1. The lowest BCUT2D eigenvalue weighted by atomic mass is 9.96. The lowest BCUT2D eigenvalue weighted by Crippen LogP contribution is -2.39. The van der Waals surface area contributed by atoms with Crippen LogP contribution >= 0.6 is 0 Å². The van der Waals surface area contributed by atoms with Crippen LogP contribution in [0.4, 0.5) is 0 Å². The van der Waals surface area contributed by atoms with Crippen LogP contribution < -0.4 is 0 Å². The van der Waals surface area contributed by atoms with Gasteiger partial charge in [0.15, 0.2) is 5.82 Å². The molecule has 6 nitrogen and oxygen atoms in total. The molecule has 0 N–H and O–H groups in total.